The number of fused-ring (bicyclic) bond motifs is 1. The minimum absolute atomic E-state index is 0.112. The Morgan fingerprint density at radius 1 is 1.23 bits per heavy atom. The number of rotatable bonds is 4. The minimum atomic E-state index is 0.112. The second-order valence-corrected chi connectivity index (χ2v) is 7.72. The lowest BCUT2D eigenvalue weighted by Crippen LogP contribution is -2.43. The van der Waals surface area contributed by atoms with Crippen molar-refractivity contribution in [2.24, 2.45) is 5.73 Å². The molecule has 1 saturated carbocycles. The van der Waals surface area contributed by atoms with Crippen molar-refractivity contribution in [1.29, 1.82) is 0 Å². The Hall–Kier alpha value is -1.90. The van der Waals surface area contributed by atoms with E-state index in [1.54, 1.807) is 10.7 Å². The van der Waals surface area contributed by atoms with Gasteiger partial charge >= 0.3 is 0 Å². The summed E-state index contributed by atoms with van der Waals surface area (Å²) in [6, 6.07) is 7.74. The smallest absolute Gasteiger partial charge is 0.233 e. The third-order valence-corrected chi connectivity index (χ3v) is 5.33. The van der Waals surface area contributed by atoms with Crippen molar-refractivity contribution >= 4 is 50.8 Å². The molecule has 2 atom stereocenters. The highest BCUT2D eigenvalue weighted by Crippen LogP contribution is 2.25. The Morgan fingerprint density at radius 2 is 2.08 bits per heavy atom. The van der Waals surface area contributed by atoms with Crippen molar-refractivity contribution in [2.75, 3.05) is 10.6 Å². The monoisotopic (exact) mass is 435 g/mol. The highest BCUT2D eigenvalue weighted by atomic mass is 79.9. The second-order valence-electron chi connectivity index (χ2n) is 6.43. The Balaban J connectivity index is 1.69. The Kier molecular flexibility index (Phi) is 4.97. The van der Waals surface area contributed by atoms with Gasteiger partial charge in [-0.05, 0) is 47.0 Å². The molecule has 26 heavy (non-hydrogen) atoms. The van der Waals surface area contributed by atoms with Crippen LogP contribution in [0.15, 0.2) is 34.9 Å². The number of benzene rings is 1. The van der Waals surface area contributed by atoms with Crippen LogP contribution in [0.1, 0.15) is 25.7 Å². The largest absolute Gasteiger partial charge is 0.350 e. The maximum absolute atomic E-state index is 6.25. The first-order valence-electron chi connectivity index (χ1n) is 8.56. The number of aromatic nitrogens is 4. The molecule has 1 aromatic carbocycles. The fourth-order valence-electron chi connectivity index (χ4n) is 3.20. The van der Waals surface area contributed by atoms with Crippen LogP contribution in [0.3, 0.4) is 0 Å². The van der Waals surface area contributed by atoms with E-state index in [9.17, 15) is 0 Å². The molecule has 0 radical (unpaired) electrons. The summed E-state index contributed by atoms with van der Waals surface area (Å²) in [7, 11) is 0. The summed E-state index contributed by atoms with van der Waals surface area (Å²) >= 11 is 9.57. The van der Waals surface area contributed by atoms with Crippen molar-refractivity contribution in [1.82, 2.24) is 19.6 Å². The quantitative estimate of drug-likeness (QED) is 0.573. The van der Waals surface area contributed by atoms with Gasteiger partial charge in [-0.2, -0.15) is 19.6 Å². The molecule has 0 bridgehead atoms. The van der Waals surface area contributed by atoms with Gasteiger partial charge in [0.25, 0.3) is 0 Å². The summed E-state index contributed by atoms with van der Waals surface area (Å²) in [5.41, 5.74) is 7.75. The maximum atomic E-state index is 6.25. The zero-order valence-electron chi connectivity index (χ0n) is 14.0. The fourth-order valence-corrected chi connectivity index (χ4v) is 3.73. The molecule has 1 aliphatic rings. The van der Waals surface area contributed by atoms with E-state index in [0.29, 0.717) is 22.6 Å². The molecule has 4 N–H and O–H groups in total. The van der Waals surface area contributed by atoms with Crippen LogP contribution in [0.2, 0.25) is 5.02 Å². The third kappa shape index (κ3) is 3.62. The van der Waals surface area contributed by atoms with Crippen molar-refractivity contribution in [3.05, 3.63) is 40.0 Å². The van der Waals surface area contributed by atoms with Gasteiger partial charge in [-0.15, -0.1) is 0 Å². The molecule has 1 fully saturated rings. The molecule has 0 spiro atoms. The molecule has 2 unspecified atom stereocenters. The zero-order chi connectivity index (χ0) is 18.1. The number of nitrogens with one attached hydrogen (secondary N) is 2. The predicted octanol–water partition coefficient (Wildman–Crippen LogP) is 3.97. The highest BCUT2D eigenvalue weighted by Gasteiger charge is 2.23. The Morgan fingerprint density at radius 3 is 2.88 bits per heavy atom. The van der Waals surface area contributed by atoms with E-state index in [0.717, 1.165) is 29.4 Å². The van der Waals surface area contributed by atoms with Crippen molar-refractivity contribution < 1.29 is 0 Å². The van der Waals surface area contributed by atoms with Crippen molar-refractivity contribution in [3.63, 3.8) is 0 Å². The average Bonchev–Trinajstić information content (AvgIpc) is 2.99. The van der Waals surface area contributed by atoms with Gasteiger partial charge in [0.15, 0.2) is 5.65 Å². The van der Waals surface area contributed by atoms with E-state index < -0.39 is 0 Å². The fraction of sp³-hybridized carbons (Fsp3) is 0.353. The number of hydrogen-bond acceptors (Lipinski definition) is 6. The van der Waals surface area contributed by atoms with Gasteiger partial charge in [0.1, 0.15) is 0 Å². The Bertz CT molecular complexity index is 929. The summed E-state index contributed by atoms with van der Waals surface area (Å²) in [4.78, 5) is 9.21. The molecule has 3 aromatic rings. The Labute approximate surface area is 164 Å². The maximum Gasteiger partial charge on any atom is 0.233 e. The van der Waals surface area contributed by atoms with Gasteiger partial charge in [0, 0.05) is 22.8 Å². The van der Waals surface area contributed by atoms with Crippen LogP contribution in [-0.4, -0.2) is 31.7 Å². The van der Waals surface area contributed by atoms with E-state index in [1.807, 2.05) is 24.3 Å². The van der Waals surface area contributed by atoms with E-state index in [2.05, 4.69) is 41.6 Å². The topological polar surface area (TPSA) is 93.2 Å². The molecule has 0 saturated heterocycles. The molecular weight excluding hydrogens is 418 g/mol. The van der Waals surface area contributed by atoms with Gasteiger partial charge in [0.2, 0.25) is 11.9 Å². The van der Waals surface area contributed by atoms with Gasteiger partial charge in [-0.1, -0.05) is 30.5 Å². The first kappa shape index (κ1) is 17.5. The second kappa shape index (κ2) is 7.38. The van der Waals surface area contributed by atoms with E-state index in [4.69, 9.17) is 17.3 Å². The van der Waals surface area contributed by atoms with Gasteiger partial charge in [-0.25, -0.2) is 0 Å². The predicted molar refractivity (Wildman–Crippen MR) is 107 cm³/mol. The number of hydrogen-bond donors (Lipinski definition) is 3. The standard InChI is InChI=1S/C17H19BrClN7/c18-12-9-21-26-15(12)24-16(23-14-7-2-1-6-13(14)20)25-17(26)22-11-5-3-4-10(19)8-11/h3-5,8-9,13-14H,1-2,6-7,20H2,(H2,22,23,24,25). The lowest BCUT2D eigenvalue weighted by Gasteiger charge is -2.29. The highest BCUT2D eigenvalue weighted by molar-refractivity contribution is 9.10. The van der Waals surface area contributed by atoms with Crippen molar-refractivity contribution in [2.45, 2.75) is 37.8 Å². The molecule has 9 heteroatoms. The molecular formula is C17H19BrClN7. The normalized spacial score (nSPS) is 20.3. The van der Waals surface area contributed by atoms with E-state index in [-0.39, 0.29) is 12.1 Å². The van der Waals surface area contributed by atoms with Crippen LogP contribution in [-0.2, 0) is 0 Å². The zero-order valence-corrected chi connectivity index (χ0v) is 16.3. The number of nitrogens with two attached hydrogens (primary N) is 1. The number of halogens is 2. The molecule has 0 amide bonds. The summed E-state index contributed by atoms with van der Waals surface area (Å²) in [6.45, 7) is 0. The molecule has 1 aliphatic carbocycles. The van der Waals surface area contributed by atoms with Crippen LogP contribution in [0, 0.1) is 0 Å². The summed E-state index contributed by atoms with van der Waals surface area (Å²) in [5.74, 6) is 1.08. The SMILES string of the molecule is NC1CCCCC1Nc1nc(Nc2cccc(Cl)c2)n2ncc(Br)c2n1. The lowest BCUT2D eigenvalue weighted by atomic mass is 9.91. The first-order valence-corrected chi connectivity index (χ1v) is 9.73. The average molecular weight is 437 g/mol. The molecule has 136 valence electrons. The number of anilines is 3. The lowest BCUT2D eigenvalue weighted by molar-refractivity contribution is 0.402. The summed E-state index contributed by atoms with van der Waals surface area (Å²) < 4.78 is 2.45. The first-order chi connectivity index (χ1) is 12.6. The van der Waals surface area contributed by atoms with E-state index in [1.165, 1.54) is 6.42 Å². The van der Waals surface area contributed by atoms with Gasteiger partial charge in [-0.3, -0.25) is 0 Å². The third-order valence-electron chi connectivity index (χ3n) is 4.54. The molecule has 0 aliphatic heterocycles. The summed E-state index contributed by atoms with van der Waals surface area (Å²) in [5, 5.41) is 11.6. The summed E-state index contributed by atoms with van der Waals surface area (Å²) in [6.07, 6.45) is 6.08. The molecule has 4 rings (SSSR count). The van der Waals surface area contributed by atoms with Crippen LogP contribution in [0.4, 0.5) is 17.6 Å². The number of nitrogens with zero attached hydrogens (tertiary/aromatic N) is 4. The van der Waals surface area contributed by atoms with E-state index >= 15 is 0 Å². The molecule has 2 aromatic heterocycles. The van der Waals surface area contributed by atoms with Crippen LogP contribution in [0.25, 0.3) is 5.65 Å². The van der Waals surface area contributed by atoms with Crippen LogP contribution >= 0.6 is 27.5 Å². The minimum Gasteiger partial charge on any atom is -0.350 e. The molecule has 7 nitrogen and oxygen atoms in total. The van der Waals surface area contributed by atoms with Crippen molar-refractivity contribution in [3.8, 4) is 0 Å². The van der Waals surface area contributed by atoms with Gasteiger partial charge < -0.3 is 16.4 Å². The van der Waals surface area contributed by atoms with Crippen LogP contribution < -0.4 is 16.4 Å². The van der Waals surface area contributed by atoms with Gasteiger partial charge in [0.05, 0.1) is 10.7 Å². The van der Waals surface area contributed by atoms with Crippen LogP contribution in [0.5, 0.6) is 0 Å². The molecule has 2 heterocycles.